The summed E-state index contributed by atoms with van der Waals surface area (Å²) in [5.74, 6) is 0. The summed E-state index contributed by atoms with van der Waals surface area (Å²) >= 11 is 0. The largest absolute Gasteiger partial charge is 1.00 e. The maximum atomic E-state index is 5.22. The van der Waals surface area contributed by atoms with E-state index < -0.39 is 16.5 Å². The summed E-state index contributed by atoms with van der Waals surface area (Å²) in [5.41, 5.74) is 1.55. The second-order valence-electron chi connectivity index (χ2n) is 5.73. The third-order valence-electron chi connectivity index (χ3n) is 3.40. The van der Waals surface area contributed by atoms with Crippen LogP contribution in [-0.2, 0) is 0 Å². The van der Waals surface area contributed by atoms with Crippen molar-refractivity contribution in [1.82, 2.24) is 0 Å². The van der Waals surface area contributed by atoms with Crippen molar-refractivity contribution < 1.29 is 18.9 Å². The molecule has 0 aliphatic heterocycles. The van der Waals surface area contributed by atoms with E-state index in [0.29, 0.717) is 0 Å². The molecular formula is C10H26LiNSi2. The fourth-order valence-electron chi connectivity index (χ4n) is 1.00. The van der Waals surface area contributed by atoms with Gasteiger partial charge in [0, 0.05) is 0 Å². The van der Waals surface area contributed by atoms with Gasteiger partial charge in [-0.2, -0.15) is 0 Å². The molecule has 0 heterocycles. The van der Waals surface area contributed by atoms with Gasteiger partial charge in [-0.3, -0.25) is 0 Å². The Morgan fingerprint density at radius 2 is 0.929 bits per heavy atom. The van der Waals surface area contributed by atoms with E-state index in [1.807, 2.05) is 0 Å². The van der Waals surface area contributed by atoms with Crippen molar-refractivity contribution in [2.45, 2.75) is 65.0 Å². The third kappa shape index (κ3) is 5.18. The Balaban J connectivity index is 0. The molecule has 0 saturated heterocycles. The van der Waals surface area contributed by atoms with Crippen LogP contribution < -0.4 is 18.9 Å². The standard InChI is InChI=1S/C10H26NSi2.Li/c1-9(2)12(5,6)11-13(7,8)10(3)4;/h9-10H,1-8H3;/q-1;+1. The average molecular weight is 223 g/mol. The summed E-state index contributed by atoms with van der Waals surface area (Å²) < 4.78 is 5.22. The van der Waals surface area contributed by atoms with E-state index in [9.17, 15) is 0 Å². The molecule has 0 saturated carbocycles. The Bertz CT molecular complexity index is 150. The average Bonchev–Trinajstić information content (AvgIpc) is 1.83. The molecule has 4 heteroatoms. The fraction of sp³-hybridized carbons (Fsp3) is 1.00. The molecule has 0 fully saturated rings. The van der Waals surface area contributed by atoms with E-state index in [-0.39, 0.29) is 18.9 Å². The van der Waals surface area contributed by atoms with Crippen LogP contribution in [0.5, 0.6) is 0 Å². The molecule has 0 aromatic carbocycles. The predicted octanol–water partition coefficient (Wildman–Crippen LogP) is 1.59. The summed E-state index contributed by atoms with van der Waals surface area (Å²) in [6.45, 7) is 18.9. The van der Waals surface area contributed by atoms with Crippen LogP contribution in [0.3, 0.4) is 0 Å². The van der Waals surface area contributed by atoms with Crippen molar-refractivity contribution in [3.63, 3.8) is 0 Å². The van der Waals surface area contributed by atoms with Crippen molar-refractivity contribution in [1.29, 1.82) is 0 Å². The first-order valence-corrected chi connectivity index (χ1v) is 11.4. The van der Waals surface area contributed by atoms with Crippen molar-refractivity contribution in [2.24, 2.45) is 0 Å². The molecule has 0 aromatic rings. The van der Waals surface area contributed by atoms with Gasteiger partial charge in [0.25, 0.3) is 0 Å². The zero-order valence-electron chi connectivity index (χ0n) is 11.6. The molecular weight excluding hydrogens is 197 g/mol. The zero-order valence-corrected chi connectivity index (χ0v) is 13.6. The molecule has 0 N–H and O–H groups in total. The minimum atomic E-state index is -1.29. The second-order valence-corrected chi connectivity index (χ2v) is 15.5. The summed E-state index contributed by atoms with van der Waals surface area (Å²) in [7, 11) is -2.58. The van der Waals surface area contributed by atoms with Crippen LogP contribution >= 0.6 is 0 Å². The monoisotopic (exact) mass is 223 g/mol. The molecule has 0 aliphatic rings. The predicted molar refractivity (Wildman–Crippen MR) is 68.5 cm³/mol. The Labute approximate surface area is 105 Å². The molecule has 0 spiro atoms. The summed E-state index contributed by atoms with van der Waals surface area (Å²) in [6, 6.07) is 0. The first-order chi connectivity index (χ1) is 5.59. The molecule has 0 aliphatic carbocycles. The van der Waals surface area contributed by atoms with Gasteiger partial charge in [-0.25, -0.2) is 0 Å². The summed E-state index contributed by atoms with van der Waals surface area (Å²) in [5, 5.41) is 0. The van der Waals surface area contributed by atoms with Gasteiger partial charge in [0.1, 0.15) is 0 Å². The molecule has 0 amide bonds. The minimum absolute atomic E-state index is 0. The first kappa shape index (κ1) is 17.4. The maximum Gasteiger partial charge on any atom is 1.00 e. The van der Waals surface area contributed by atoms with Crippen LogP contribution in [0.2, 0.25) is 37.3 Å². The zero-order chi connectivity index (χ0) is 10.9. The maximum absolute atomic E-state index is 5.22. The van der Waals surface area contributed by atoms with Gasteiger partial charge in [0.05, 0.1) is 0 Å². The molecule has 0 unspecified atom stereocenters. The van der Waals surface area contributed by atoms with Crippen LogP contribution in [0, 0.1) is 0 Å². The Morgan fingerprint density at radius 1 is 0.714 bits per heavy atom. The van der Waals surface area contributed by atoms with Crippen LogP contribution in [0.25, 0.3) is 4.65 Å². The normalized spacial score (nSPS) is 13.3. The molecule has 14 heavy (non-hydrogen) atoms. The topological polar surface area (TPSA) is 14.1 Å². The van der Waals surface area contributed by atoms with Crippen LogP contribution in [0.4, 0.5) is 0 Å². The molecule has 80 valence electrons. The van der Waals surface area contributed by atoms with Gasteiger partial charge >= 0.3 is 18.9 Å². The van der Waals surface area contributed by atoms with Gasteiger partial charge in [-0.1, -0.05) is 81.4 Å². The summed E-state index contributed by atoms with van der Waals surface area (Å²) in [6.07, 6.45) is 0. The van der Waals surface area contributed by atoms with E-state index in [4.69, 9.17) is 4.65 Å². The van der Waals surface area contributed by atoms with E-state index in [2.05, 4.69) is 53.9 Å². The van der Waals surface area contributed by atoms with Crippen molar-refractivity contribution in [2.75, 3.05) is 0 Å². The molecule has 1 nitrogen and oxygen atoms in total. The van der Waals surface area contributed by atoms with Crippen molar-refractivity contribution >= 4 is 16.5 Å². The molecule has 0 rings (SSSR count). The van der Waals surface area contributed by atoms with Gasteiger partial charge in [-0.05, 0) is 0 Å². The second kappa shape index (κ2) is 5.91. The third-order valence-corrected chi connectivity index (χ3v) is 13.7. The Kier molecular flexibility index (Phi) is 7.34. The molecule has 0 bridgehead atoms. The van der Waals surface area contributed by atoms with Gasteiger partial charge in [0.2, 0.25) is 0 Å². The van der Waals surface area contributed by atoms with E-state index >= 15 is 0 Å². The smallest absolute Gasteiger partial charge is 0.667 e. The van der Waals surface area contributed by atoms with Gasteiger partial charge in [0.15, 0.2) is 0 Å². The molecule has 0 atom stereocenters. The van der Waals surface area contributed by atoms with E-state index in [1.165, 1.54) is 0 Å². The number of hydrogen-bond acceptors (Lipinski definition) is 0. The minimum Gasteiger partial charge on any atom is -0.667 e. The van der Waals surface area contributed by atoms with Crippen LogP contribution in [0.15, 0.2) is 0 Å². The van der Waals surface area contributed by atoms with E-state index in [1.54, 1.807) is 0 Å². The van der Waals surface area contributed by atoms with Crippen LogP contribution in [0.1, 0.15) is 27.7 Å². The number of rotatable bonds is 4. The summed E-state index contributed by atoms with van der Waals surface area (Å²) in [4.78, 5) is 0. The van der Waals surface area contributed by atoms with Crippen molar-refractivity contribution in [3.05, 3.63) is 4.65 Å². The van der Waals surface area contributed by atoms with E-state index in [0.717, 1.165) is 11.1 Å². The molecule has 0 radical (unpaired) electrons. The Hall–Kier alpha value is 0.991. The number of hydrogen-bond donors (Lipinski definition) is 0. The van der Waals surface area contributed by atoms with Gasteiger partial charge in [-0.15, -0.1) is 0 Å². The van der Waals surface area contributed by atoms with Crippen molar-refractivity contribution in [3.8, 4) is 0 Å². The SMILES string of the molecule is CC(C)[Si](C)(C)[N-][Si](C)(C)C(C)C.[Li+]. The van der Waals surface area contributed by atoms with Gasteiger partial charge < -0.3 is 4.65 Å². The number of nitrogens with zero attached hydrogens (tertiary/aromatic N) is 1. The first-order valence-electron chi connectivity index (χ1n) is 5.33. The Morgan fingerprint density at radius 3 is 1.07 bits per heavy atom. The fourth-order valence-corrected chi connectivity index (χ4v) is 9.01. The van der Waals surface area contributed by atoms with Crippen LogP contribution in [-0.4, -0.2) is 16.5 Å². The molecule has 0 aromatic heterocycles. The quantitative estimate of drug-likeness (QED) is 0.643.